The predicted octanol–water partition coefficient (Wildman–Crippen LogP) is 5.45. The Morgan fingerprint density at radius 3 is 2.43 bits per heavy atom. The lowest BCUT2D eigenvalue weighted by Gasteiger charge is -2.33. The SMILES string of the molecule is COc1ccc(N(C(=O)Cc2cccs2)[C@H](C(=O)NC2CCCC2)c2ccc(C)cc2)c(OC)c1. The predicted molar refractivity (Wildman–Crippen MR) is 139 cm³/mol. The molecule has 0 unspecified atom stereocenters. The van der Waals surface area contributed by atoms with Gasteiger partial charge in [0, 0.05) is 17.0 Å². The molecule has 1 aliphatic rings. The van der Waals surface area contributed by atoms with Gasteiger partial charge in [0.05, 0.1) is 26.3 Å². The van der Waals surface area contributed by atoms with Gasteiger partial charge in [0.2, 0.25) is 11.8 Å². The molecule has 0 spiro atoms. The Hall–Kier alpha value is -3.32. The van der Waals surface area contributed by atoms with Gasteiger partial charge >= 0.3 is 0 Å². The highest BCUT2D eigenvalue weighted by molar-refractivity contribution is 7.10. The molecule has 1 N–H and O–H groups in total. The molecule has 0 bridgehead atoms. The van der Waals surface area contributed by atoms with Crippen LogP contribution in [0.1, 0.15) is 47.7 Å². The molecule has 1 heterocycles. The van der Waals surface area contributed by atoms with E-state index in [2.05, 4.69) is 5.32 Å². The third-order valence-corrected chi connectivity index (χ3v) is 7.30. The summed E-state index contributed by atoms with van der Waals surface area (Å²) in [6, 6.07) is 16.2. The van der Waals surface area contributed by atoms with E-state index in [-0.39, 0.29) is 24.3 Å². The summed E-state index contributed by atoms with van der Waals surface area (Å²) in [5.41, 5.74) is 2.37. The zero-order valence-electron chi connectivity index (χ0n) is 20.5. The molecule has 3 aromatic rings. The standard InChI is InChI=1S/C28H32N2O4S/c1-19-10-12-20(13-11-19)27(28(32)29-21-7-4-5-8-21)30(26(31)18-23-9-6-16-35-23)24-15-14-22(33-2)17-25(24)34-3/h6,9-17,21,27H,4-5,7-8,18H2,1-3H3,(H,29,32)/t27-/m0/s1. The van der Waals surface area contributed by atoms with Gasteiger partial charge in [-0.25, -0.2) is 0 Å². The van der Waals surface area contributed by atoms with Gasteiger partial charge in [0.1, 0.15) is 17.5 Å². The molecule has 184 valence electrons. The Balaban J connectivity index is 1.82. The fraction of sp³-hybridized carbons (Fsp3) is 0.357. The summed E-state index contributed by atoms with van der Waals surface area (Å²) in [4.78, 5) is 30.3. The molecule has 2 aromatic carbocycles. The molecule has 1 fully saturated rings. The summed E-state index contributed by atoms with van der Waals surface area (Å²) in [5.74, 6) is 0.717. The van der Waals surface area contributed by atoms with E-state index in [0.29, 0.717) is 17.2 Å². The molecule has 1 aliphatic carbocycles. The minimum Gasteiger partial charge on any atom is -0.497 e. The minimum absolute atomic E-state index is 0.127. The van der Waals surface area contributed by atoms with Gasteiger partial charge in [-0.3, -0.25) is 14.5 Å². The number of thiophene rings is 1. The van der Waals surface area contributed by atoms with Crippen molar-refractivity contribution in [3.8, 4) is 11.5 Å². The van der Waals surface area contributed by atoms with E-state index >= 15 is 0 Å². The zero-order chi connectivity index (χ0) is 24.8. The van der Waals surface area contributed by atoms with Crippen molar-refractivity contribution in [2.45, 2.75) is 51.1 Å². The van der Waals surface area contributed by atoms with E-state index in [1.54, 1.807) is 37.3 Å². The molecule has 1 aromatic heterocycles. The number of anilines is 1. The van der Waals surface area contributed by atoms with Crippen LogP contribution >= 0.6 is 11.3 Å². The second-order valence-corrected chi connectivity index (χ2v) is 9.89. The van der Waals surface area contributed by atoms with Crippen LogP contribution in [0.4, 0.5) is 5.69 Å². The number of nitrogens with zero attached hydrogens (tertiary/aromatic N) is 1. The average Bonchev–Trinajstić information content (AvgIpc) is 3.57. The van der Waals surface area contributed by atoms with Crippen LogP contribution in [0.15, 0.2) is 60.0 Å². The smallest absolute Gasteiger partial charge is 0.248 e. The maximum atomic E-state index is 13.9. The van der Waals surface area contributed by atoms with Crippen LogP contribution in [0, 0.1) is 6.92 Å². The van der Waals surface area contributed by atoms with E-state index in [0.717, 1.165) is 41.7 Å². The maximum Gasteiger partial charge on any atom is 0.248 e. The van der Waals surface area contributed by atoms with Crippen LogP contribution < -0.4 is 19.7 Å². The summed E-state index contributed by atoms with van der Waals surface area (Å²) in [5, 5.41) is 5.17. The second-order valence-electron chi connectivity index (χ2n) is 8.86. The minimum atomic E-state index is -0.842. The molecule has 7 heteroatoms. The number of carbonyl (C=O) groups is 2. The highest BCUT2D eigenvalue weighted by Gasteiger charge is 2.35. The van der Waals surface area contributed by atoms with Crippen molar-refractivity contribution in [3.05, 3.63) is 76.0 Å². The first-order valence-corrected chi connectivity index (χ1v) is 12.8. The van der Waals surface area contributed by atoms with E-state index in [9.17, 15) is 9.59 Å². The number of hydrogen-bond acceptors (Lipinski definition) is 5. The molecule has 0 aliphatic heterocycles. The van der Waals surface area contributed by atoms with Crippen molar-refractivity contribution in [1.29, 1.82) is 0 Å². The maximum absolute atomic E-state index is 13.9. The lowest BCUT2D eigenvalue weighted by molar-refractivity contribution is -0.127. The highest BCUT2D eigenvalue weighted by Crippen LogP contribution is 2.38. The van der Waals surface area contributed by atoms with Crippen LogP contribution in [0.2, 0.25) is 0 Å². The molecule has 0 radical (unpaired) electrons. The van der Waals surface area contributed by atoms with Crippen LogP contribution in [-0.4, -0.2) is 32.1 Å². The van der Waals surface area contributed by atoms with E-state index in [4.69, 9.17) is 9.47 Å². The number of hydrogen-bond donors (Lipinski definition) is 1. The summed E-state index contributed by atoms with van der Waals surface area (Å²) < 4.78 is 11.0. The van der Waals surface area contributed by atoms with Crippen LogP contribution in [-0.2, 0) is 16.0 Å². The molecular formula is C28H32N2O4S. The lowest BCUT2D eigenvalue weighted by Crippen LogP contribution is -2.47. The first-order valence-electron chi connectivity index (χ1n) is 11.9. The Morgan fingerprint density at radius 1 is 1.06 bits per heavy atom. The number of rotatable bonds is 9. The molecule has 1 atom stereocenters. The summed E-state index contributed by atoms with van der Waals surface area (Å²) >= 11 is 1.52. The van der Waals surface area contributed by atoms with Crippen molar-refractivity contribution in [3.63, 3.8) is 0 Å². The van der Waals surface area contributed by atoms with Crippen LogP contribution in [0.25, 0.3) is 0 Å². The number of benzene rings is 2. The van der Waals surface area contributed by atoms with Crippen LogP contribution in [0.3, 0.4) is 0 Å². The summed E-state index contributed by atoms with van der Waals surface area (Å²) in [6.07, 6.45) is 4.32. The van der Waals surface area contributed by atoms with Gasteiger partial charge in [0.15, 0.2) is 0 Å². The molecule has 0 saturated heterocycles. The van der Waals surface area contributed by atoms with Gasteiger partial charge in [-0.15, -0.1) is 11.3 Å². The largest absolute Gasteiger partial charge is 0.497 e. The molecular weight excluding hydrogens is 460 g/mol. The van der Waals surface area contributed by atoms with Gasteiger partial charge < -0.3 is 14.8 Å². The average molecular weight is 493 g/mol. The molecule has 1 saturated carbocycles. The fourth-order valence-corrected chi connectivity index (χ4v) is 5.26. The second kappa shape index (κ2) is 11.4. The number of methoxy groups -OCH3 is 2. The Morgan fingerprint density at radius 2 is 1.80 bits per heavy atom. The monoisotopic (exact) mass is 492 g/mol. The van der Waals surface area contributed by atoms with Gasteiger partial charge in [0.25, 0.3) is 0 Å². The van der Waals surface area contributed by atoms with Crippen LogP contribution in [0.5, 0.6) is 11.5 Å². The number of aryl methyl sites for hydroxylation is 1. The summed E-state index contributed by atoms with van der Waals surface area (Å²) in [7, 11) is 3.14. The van der Waals surface area contributed by atoms with Crippen molar-refractivity contribution in [1.82, 2.24) is 5.32 Å². The topological polar surface area (TPSA) is 67.9 Å². The Kier molecular flexibility index (Phi) is 8.08. The number of ether oxygens (including phenoxy) is 2. The zero-order valence-corrected chi connectivity index (χ0v) is 21.3. The van der Waals surface area contributed by atoms with E-state index in [1.807, 2.05) is 48.7 Å². The van der Waals surface area contributed by atoms with Crippen molar-refractivity contribution >= 4 is 28.8 Å². The van der Waals surface area contributed by atoms with E-state index in [1.165, 1.54) is 11.3 Å². The fourth-order valence-electron chi connectivity index (χ4n) is 4.57. The Labute approximate surface area is 210 Å². The number of nitrogens with one attached hydrogen (secondary N) is 1. The lowest BCUT2D eigenvalue weighted by atomic mass is 10.00. The van der Waals surface area contributed by atoms with Crippen molar-refractivity contribution in [2.75, 3.05) is 19.1 Å². The Bertz CT molecular complexity index is 1140. The van der Waals surface area contributed by atoms with Gasteiger partial charge in [-0.05, 0) is 48.9 Å². The first kappa shape index (κ1) is 24.8. The molecule has 4 rings (SSSR count). The normalized spacial score (nSPS) is 14.4. The third kappa shape index (κ3) is 5.85. The third-order valence-electron chi connectivity index (χ3n) is 6.42. The summed E-state index contributed by atoms with van der Waals surface area (Å²) in [6.45, 7) is 2.00. The molecule has 2 amide bonds. The van der Waals surface area contributed by atoms with Crippen molar-refractivity contribution in [2.24, 2.45) is 0 Å². The van der Waals surface area contributed by atoms with E-state index < -0.39 is 6.04 Å². The highest BCUT2D eigenvalue weighted by atomic mass is 32.1. The first-order chi connectivity index (χ1) is 17.0. The van der Waals surface area contributed by atoms with Gasteiger partial charge in [-0.2, -0.15) is 0 Å². The quantitative estimate of drug-likeness (QED) is 0.431. The van der Waals surface area contributed by atoms with Crippen molar-refractivity contribution < 1.29 is 19.1 Å². The molecule has 35 heavy (non-hydrogen) atoms. The van der Waals surface area contributed by atoms with Gasteiger partial charge in [-0.1, -0.05) is 48.7 Å². The number of carbonyl (C=O) groups excluding carboxylic acids is 2. The number of amides is 2. The molecule has 6 nitrogen and oxygen atoms in total.